The Kier molecular flexibility index (Phi) is 6.52. The third-order valence-electron chi connectivity index (χ3n) is 3.55. The fourth-order valence-corrected chi connectivity index (χ4v) is 2.41. The maximum Gasteiger partial charge on any atom is 0.334 e. The summed E-state index contributed by atoms with van der Waals surface area (Å²) in [5, 5.41) is 0. The molecule has 3 unspecified atom stereocenters. The van der Waals surface area contributed by atoms with Gasteiger partial charge in [-0.25, -0.2) is 4.79 Å². The molecule has 4 heteroatoms. The van der Waals surface area contributed by atoms with Crippen molar-refractivity contribution in [2.45, 2.75) is 45.6 Å². The summed E-state index contributed by atoms with van der Waals surface area (Å²) in [6.45, 7) is 5.31. The van der Waals surface area contributed by atoms with E-state index in [4.69, 9.17) is 15.2 Å². The van der Waals surface area contributed by atoms with Crippen molar-refractivity contribution >= 4 is 5.97 Å². The van der Waals surface area contributed by atoms with Crippen molar-refractivity contribution in [2.75, 3.05) is 19.8 Å². The summed E-state index contributed by atoms with van der Waals surface area (Å²) >= 11 is 0. The lowest BCUT2D eigenvalue weighted by Crippen LogP contribution is -2.33. The number of hydrogen-bond acceptors (Lipinski definition) is 4. The maximum atomic E-state index is 11.4. The average Bonchev–Trinajstić information content (AvgIpc) is 2.36. The number of hydrogen-bond donors (Lipinski definition) is 1. The van der Waals surface area contributed by atoms with Crippen LogP contribution in [0.5, 0.6) is 0 Å². The predicted molar refractivity (Wildman–Crippen MR) is 66.5 cm³/mol. The third-order valence-corrected chi connectivity index (χ3v) is 3.55. The SMILES string of the molecule is CCOC(=O)C(C)OCC1CCCCC1CN. The average molecular weight is 243 g/mol. The summed E-state index contributed by atoms with van der Waals surface area (Å²) < 4.78 is 10.5. The van der Waals surface area contributed by atoms with E-state index >= 15 is 0 Å². The zero-order valence-electron chi connectivity index (χ0n) is 11.0. The zero-order chi connectivity index (χ0) is 12.7. The molecule has 4 nitrogen and oxygen atoms in total. The molecular formula is C13H25NO3. The van der Waals surface area contributed by atoms with E-state index in [1.807, 2.05) is 0 Å². The normalized spacial score (nSPS) is 26.5. The number of rotatable bonds is 6. The molecule has 0 amide bonds. The molecule has 1 rings (SSSR count). The van der Waals surface area contributed by atoms with Gasteiger partial charge in [-0.05, 0) is 45.1 Å². The molecule has 17 heavy (non-hydrogen) atoms. The fourth-order valence-electron chi connectivity index (χ4n) is 2.41. The molecule has 0 aliphatic heterocycles. The largest absolute Gasteiger partial charge is 0.464 e. The molecule has 0 aromatic carbocycles. The molecule has 3 atom stereocenters. The molecule has 0 heterocycles. The van der Waals surface area contributed by atoms with Crippen LogP contribution in [0.4, 0.5) is 0 Å². The minimum Gasteiger partial charge on any atom is -0.464 e. The van der Waals surface area contributed by atoms with Crippen molar-refractivity contribution in [3.05, 3.63) is 0 Å². The lowest BCUT2D eigenvalue weighted by Gasteiger charge is -2.31. The zero-order valence-corrected chi connectivity index (χ0v) is 11.0. The molecule has 0 saturated heterocycles. The molecule has 1 aliphatic rings. The second-order valence-electron chi connectivity index (χ2n) is 4.77. The van der Waals surface area contributed by atoms with Crippen LogP contribution in [0.3, 0.4) is 0 Å². The van der Waals surface area contributed by atoms with E-state index in [1.165, 1.54) is 19.3 Å². The molecular weight excluding hydrogens is 218 g/mol. The Morgan fingerprint density at radius 1 is 1.35 bits per heavy atom. The second kappa shape index (κ2) is 7.67. The predicted octanol–water partition coefficient (Wildman–Crippen LogP) is 1.72. The van der Waals surface area contributed by atoms with E-state index in [-0.39, 0.29) is 5.97 Å². The van der Waals surface area contributed by atoms with E-state index in [0.29, 0.717) is 25.0 Å². The minimum atomic E-state index is -0.463. The molecule has 1 saturated carbocycles. The fraction of sp³-hybridized carbons (Fsp3) is 0.923. The Balaban J connectivity index is 2.30. The van der Waals surface area contributed by atoms with E-state index in [1.54, 1.807) is 13.8 Å². The van der Waals surface area contributed by atoms with Crippen molar-refractivity contribution in [3.63, 3.8) is 0 Å². The Morgan fingerprint density at radius 2 is 2.00 bits per heavy atom. The van der Waals surface area contributed by atoms with E-state index in [2.05, 4.69) is 0 Å². The second-order valence-corrected chi connectivity index (χ2v) is 4.77. The molecule has 2 N–H and O–H groups in total. The standard InChI is InChI=1S/C13H25NO3/c1-3-16-13(15)10(2)17-9-12-7-5-4-6-11(12)8-14/h10-12H,3-9,14H2,1-2H3. The van der Waals surface area contributed by atoms with Crippen LogP contribution in [-0.4, -0.2) is 31.8 Å². The van der Waals surface area contributed by atoms with Gasteiger partial charge in [0.2, 0.25) is 0 Å². The van der Waals surface area contributed by atoms with Gasteiger partial charge in [-0.15, -0.1) is 0 Å². The number of nitrogens with two attached hydrogens (primary N) is 1. The Hall–Kier alpha value is -0.610. The summed E-state index contributed by atoms with van der Waals surface area (Å²) in [7, 11) is 0. The maximum absolute atomic E-state index is 11.4. The van der Waals surface area contributed by atoms with Gasteiger partial charge in [0.15, 0.2) is 6.10 Å². The Bertz CT molecular complexity index is 233. The van der Waals surface area contributed by atoms with Gasteiger partial charge < -0.3 is 15.2 Å². The first kappa shape index (κ1) is 14.5. The third kappa shape index (κ3) is 4.64. The van der Waals surface area contributed by atoms with Crippen LogP contribution >= 0.6 is 0 Å². The van der Waals surface area contributed by atoms with Crippen LogP contribution in [-0.2, 0) is 14.3 Å². The molecule has 0 aromatic rings. The summed E-state index contributed by atoms with van der Waals surface area (Å²) in [6, 6.07) is 0. The highest BCUT2D eigenvalue weighted by molar-refractivity contribution is 5.74. The Morgan fingerprint density at radius 3 is 2.59 bits per heavy atom. The Labute approximate surface area is 104 Å². The van der Waals surface area contributed by atoms with Crippen LogP contribution in [0, 0.1) is 11.8 Å². The van der Waals surface area contributed by atoms with Crippen LogP contribution in [0.25, 0.3) is 0 Å². The highest BCUT2D eigenvalue weighted by Crippen LogP contribution is 2.29. The summed E-state index contributed by atoms with van der Waals surface area (Å²) in [4.78, 5) is 11.4. The number of carbonyl (C=O) groups is 1. The summed E-state index contributed by atoms with van der Waals surface area (Å²) in [6.07, 6.45) is 4.41. The molecule has 0 radical (unpaired) electrons. The topological polar surface area (TPSA) is 61.5 Å². The summed E-state index contributed by atoms with van der Waals surface area (Å²) in [5.41, 5.74) is 5.76. The first-order valence-electron chi connectivity index (χ1n) is 6.67. The smallest absolute Gasteiger partial charge is 0.334 e. The first-order chi connectivity index (χ1) is 8.19. The van der Waals surface area contributed by atoms with Crippen molar-refractivity contribution in [1.82, 2.24) is 0 Å². The molecule has 0 bridgehead atoms. The van der Waals surface area contributed by atoms with Gasteiger partial charge in [-0.1, -0.05) is 12.8 Å². The summed E-state index contributed by atoms with van der Waals surface area (Å²) in [5.74, 6) is 0.788. The molecule has 0 spiro atoms. The highest BCUT2D eigenvalue weighted by Gasteiger charge is 2.25. The van der Waals surface area contributed by atoms with Crippen LogP contribution in [0.15, 0.2) is 0 Å². The van der Waals surface area contributed by atoms with E-state index in [0.717, 1.165) is 13.0 Å². The van der Waals surface area contributed by atoms with Crippen LogP contribution in [0.1, 0.15) is 39.5 Å². The minimum absolute atomic E-state index is 0.271. The lowest BCUT2D eigenvalue weighted by atomic mass is 9.80. The van der Waals surface area contributed by atoms with Gasteiger partial charge in [0.25, 0.3) is 0 Å². The monoisotopic (exact) mass is 243 g/mol. The number of carbonyl (C=O) groups excluding carboxylic acids is 1. The van der Waals surface area contributed by atoms with Gasteiger partial charge in [0, 0.05) is 0 Å². The van der Waals surface area contributed by atoms with E-state index in [9.17, 15) is 4.79 Å². The molecule has 1 aliphatic carbocycles. The lowest BCUT2D eigenvalue weighted by molar-refractivity contribution is -0.156. The first-order valence-corrected chi connectivity index (χ1v) is 6.67. The number of esters is 1. The van der Waals surface area contributed by atoms with Gasteiger partial charge in [-0.2, -0.15) is 0 Å². The quantitative estimate of drug-likeness (QED) is 0.722. The van der Waals surface area contributed by atoms with Gasteiger partial charge in [0.05, 0.1) is 13.2 Å². The van der Waals surface area contributed by atoms with Crippen LogP contribution < -0.4 is 5.73 Å². The van der Waals surface area contributed by atoms with E-state index < -0.39 is 6.10 Å². The van der Waals surface area contributed by atoms with Gasteiger partial charge in [0.1, 0.15) is 0 Å². The molecule has 0 aromatic heterocycles. The highest BCUT2D eigenvalue weighted by atomic mass is 16.6. The van der Waals surface area contributed by atoms with Crippen molar-refractivity contribution in [2.24, 2.45) is 17.6 Å². The van der Waals surface area contributed by atoms with Crippen molar-refractivity contribution in [1.29, 1.82) is 0 Å². The number of ether oxygens (including phenoxy) is 2. The van der Waals surface area contributed by atoms with Crippen molar-refractivity contribution < 1.29 is 14.3 Å². The van der Waals surface area contributed by atoms with Gasteiger partial charge in [-0.3, -0.25) is 0 Å². The van der Waals surface area contributed by atoms with Gasteiger partial charge >= 0.3 is 5.97 Å². The van der Waals surface area contributed by atoms with Crippen LogP contribution in [0.2, 0.25) is 0 Å². The molecule has 100 valence electrons. The molecule has 1 fully saturated rings. The van der Waals surface area contributed by atoms with Crippen molar-refractivity contribution in [3.8, 4) is 0 Å².